The predicted molar refractivity (Wildman–Crippen MR) is 123 cm³/mol. The number of carbonyl (C=O) groups excluding carboxylic acids is 1. The maximum atomic E-state index is 12.8. The fourth-order valence-electron chi connectivity index (χ4n) is 6.74. The van der Waals surface area contributed by atoms with Crippen molar-refractivity contribution in [3.05, 3.63) is 33.9 Å². The minimum atomic E-state index is -0.397. The van der Waals surface area contributed by atoms with Crippen LogP contribution in [0.5, 0.6) is 0 Å². The fourth-order valence-corrected chi connectivity index (χ4v) is 6.97. The van der Waals surface area contributed by atoms with Crippen LogP contribution in [-0.4, -0.2) is 35.1 Å². The molecule has 1 aliphatic heterocycles. The van der Waals surface area contributed by atoms with E-state index in [1.807, 2.05) is 4.90 Å². The number of nitro benzene ring substituents is 1. The molecule has 5 aliphatic rings. The Morgan fingerprint density at radius 1 is 1.03 bits per heavy atom. The van der Waals surface area contributed by atoms with Crippen molar-refractivity contribution in [2.45, 2.75) is 57.4 Å². The molecule has 0 radical (unpaired) electrons. The number of amides is 1. The van der Waals surface area contributed by atoms with Crippen molar-refractivity contribution in [2.75, 3.05) is 18.0 Å². The first-order valence-electron chi connectivity index (χ1n) is 11.6. The first-order valence-corrected chi connectivity index (χ1v) is 12.0. The zero-order valence-electron chi connectivity index (χ0n) is 17.7. The van der Waals surface area contributed by atoms with Crippen LogP contribution in [0.4, 0.5) is 11.4 Å². The molecule has 2 N–H and O–H groups in total. The van der Waals surface area contributed by atoms with Crippen LogP contribution in [0.2, 0.25) is 0 Å². The van der Waals surface area contributed by atoms with Gasteiger partial charge in [0.2, 0.25) is 0 Å². The highest BCUT2D eigenvalue weighted by atomic mass is 32.1. The molecule has 31 heavy (non-hydrogen) atoms. The quantitative estimate of drug-likeness (QED) is 0.416. The van der Waals surface area contributed by atoms with Crippen LogP contribution >= 0.6 is 12.2 Å². The molecule has 1 aromatic rings. The molecule has 4 bridgehead atoms. The maximum Gasteiger partial charge on any atom is 0.293 e. The van der Waals surface area contributed by atoms with Crippen LogP contribution in [-0.2, 0) is 0 Å². The van der Waals surface area contributed by atoms with Crippen LogP contribution in [0.3, 0.4) is 0 Å². The lowest BCUT2D eigenvalue weighted by atomic mass is 9.54. The molecule has 0 spiro atoms. The van der Waals surface area contributed by atoms with Crippen LogP contribution < -0.4 is 15.5 Å². The molecule has 4 saturated carbocycles. The smallest absolute Gasteiger partial charge is 0.293 e. The van der Waals surface area contributed by atoms with Gasteiger partial charge in [-0.2, -0.15) is 0 Å². The minimum Gasteiger partial charge on any atom is -0.366 e. The molecule has 1 amide bonds. The number of piperidine rings is 1. The minimum absolute atomic E-state index is 0.0190. The van der Waals surface area contributed by atoms with E-state index >= 15 is 0 Å². The topological polar surface area (TPSA) is 87.5 Å². The Balaban J connectivity index is 1.25. The van der Waals surface area contributed by atoms with E-state index < -0.39 is 10.8 Å². The molecule has 4 aliphatic carbocycles. The molecule has 0 aromatic heterocycles. The first kappa shape index (κ1) is 20.7. The standard InChI is InChI=1S/C23H30N4O3S/c28-22(16-4-5-19(20(13-16)27(29)30)26-6-2-1-3-7-26)25-23(31)24-21-17-9-14-8-15(11-17)12-18(21)10-14/h4-5,13-15,17-18,21H,1-3,6-12H2,(H2,24,25,28,31). The summed E-state index contributed by atoms with van der Waals surface area (Å²) in [5.74, 6) is 2.66. The monoisotopic (exact) mass is 442 g/mol. The van der Waals surface area contributed by atoms with Crippen molar-refractivity contribution < 1.29 is 9.72 Å². The van der Waals surface area contributed by atoms with Gasteiger partial charge in [-0.1, -0.05) is 0 Å². The average molecular weight is 443 g/mol. The molecule has 0 unspecified atom stereocenters. The van der Waals surface area contributed by atoms with E-state index in [9.17, 15) is 14.9 Å². The van der Waals surface area contributed by atoms with E-state index in [1.54, 1.807) is 12.1 Å². The molecule has 1 heterocycles. The molecular formula is C23H30N4O3S. The van der Waals surface area contributed by atoms with Gasteiger partial charge < -0.3 is 10.2 Å². The summed E-state index contributed by atoms with van der Waals surface area (Å²) in [5.41, 5.74) is 0.840. The van der Waals surface area contributed by atoms with Crippen molar-refractivity contribution in [2.24, 2.45) is 23.7 Å². The van der Waals surface area contributed by atoms with E-state index in [1.165, 1.54) is 38.2 Å². The van der Waals surface area contributed by atoms with Gasteiger partial charge in [0.05, 0.1) is 4.92 Å². The molecule has 1 aromatic carbocycles. The molecule has 1 saturated heterocycles. The number of hydrogen-bond donors (Lipinski definition) is 2. The zero-order valence-corrected chi connectivity index (χ0v) is 18.5. The largest absolute Gasteiger partial charge is 0.366 e. The van der Waals surface area contributed by atoms with E-state index in [0.29, 0.717) is 28.7 Å². The second kappa shape index (κ2) is 8.37. The second-order valence-corrected chi connectivity index (χ2v) is 10.3. The highest BCUT2D eigenvalue weighted by Crippen LogP contribution is 2.53. The van der Waals surface area contributed by atoms with Gasteiger partial charge >= 0.3 is 0 Å². The molecule has 166 valence electrons. The highest BCUT2D eigenvalue weighted by Gasteiger charge is 2.48. The number of nitrogens with zero attached hydrogens (tertiary/aromatic N) is 2. The van der Waals surface area contributed by atoms with Crippen LogP contribution in [0.15, 0.2) is 18.2 Å². The second-order valence-electron chi connectivity index (χ2n) is 9.89. The molecular weight excluding hydrogens is 412 g/mol. The molecule has 0 atom stereocenters. The highest BCUT2D eigenvalue weighted by molar-refractivity contribution is 7.80. The van der Waals surface area contributed by atoms with E-state index in [2.05, 4.69) is 10.6 Å². The number of rotatable bonds is 4. The normalized spacial score (nSPS) is 31.4. The Morgan fingerprint density at radius 2 is 1.68 bits per heavy atom. The summed E-state index contributed by atoms with van der Waals surface area (Å²) in [5, 5.41) is 18.2. The Labute approximate surface area is 188 Å². The van der Waals surface area contributed by atoms with E-state index in [4.69, 9.17) is 12.2 Å². The molecule has 6 rings (SSSR count). The van der Waals surface area contributed by atoms with Gasteiger partial charge in [-0.3, -0.25) is 20.2 Å². The number of nitro groups is 1. The summed E-state index contributed by atoms with van der Waals surface area (Å²) >= 11 is 5.46. The van der Waals surface area contributed by atoms with Crippen molar-refractivity contribution in [1.29, 1.82) is 0 Å². The van der Waals surface area contributed by atoms with Crippen LogP contribution in [0.25, 0.3) is 0 Å². The third kappa shape index (κ3) is 4.14. The average Bonchev–Trinajstić information content (AvgIpc) is 2.76. The summed E-state index contributed by atoms with van der Waals surface area (Å²) in [6.07, 6.45) is 9.69. The number of carbonyl (C=O) groups is 1. The number of nitrogens with one attached hydrogen (secondary N) is 2. The van der Waals surface area contributed by atoms with Gasteiger partial charge in [0.1, 0.15) is 5.69 Å². The van der Waals surface area contributed by atoms with E-state index in [0.717, 1.165) is 44.2 Å². The first-order chi connectivity index (χ1) is 15.0. The van der Waals surface area contributed by atoms with Crippen molar-refractivity contribution in [3.8, 4) is 0 Å². The summed E-state index contributed by atoms with van der Waals surface area (Å²) < 4.78 is 0. The lowest BCUT2D eigenvalue weighted by Crippen LogP contribution is -2.57. The van der Waals surface area contributed by atoms with Crippen LogP contribution in [0.1, 0.15) is 61.7 Å². The van der Waals surface area contributed by atoms with Gasteiger partial charge in [-0.05, 0) is 99.4 Å². The summed E-state index contributed by atoms with van der Waals surface area (Å²) in [4.78, 5) is 26.1. The third-order valence-corrected chi connectivity index (χ3v) is 8.10. The zero-order chi connectivity index (χ0) is 21.5. The van der Waals surface area contributed by atoms with E-state index in [-0.39, 0.29) is 11.3 Å². The lowest BCUT2D eigenvalue weighted by Gasteiger charge is -2.54. The number of anilines is 1. The van der Waals surface area contributed by atoms with Crippen molar-refractivity contribution in [1.82, 2.24) is 10.6 Å². The van der Waals surface area contributed by atoms with Gasteiger partial charge in [-0.15, -0.1) is 0 Å². The Hall–Kier alpha value is -2.22. The number of hydrogen-bond acceptors (Lipinski definition) is 5. The van der Waals surface area contributed by atoms with Crippen LogP contribution in [0, 0.1) is 33.8 Å². The lowest BCUT2D eigenvalue weighted by molar-refractivity contribution is -0.384. The number of thiocarbonyl (C=S) groups is 1. The van der Waals surface area contributed by atoms with Gasteiger partial charge in [0, 0.05) is 30.8 Å². The summed E-state index contributed by atoms with van der Waals surface area (Å²) in [7, 11) is 0. The summed E-state index contributed by atoms with van der Waals surface area (Å²) in [6.45, 7) is 1.62. The SMILES string of the molecule is O=C(NC(=S)NC1C2CC3CC(C2)CC1C3)c1ccc(N2CCCCC2)c([N+](=O)[O-])c1. The fraction of sp³-hybridized carbons (Fsp3) is 0.652. The third-order valence-electron chi connectivity index (χ3n) is 7.88. The maximum absolute atomic E-state index is 12.8. The number of benzene rings is 1. The molecule has 8 heteroatoms. The predicted octanol–water partition coefficient (Wildman–Crippen LogP) is 4.01. The van der Waals surface area contributed by atoms with Crippen molar-refractivity contribution >= 4 is 34.6 Å². The molecule has 5 fully saturated rings. The summed E-state index contributed by atoms with van der Waals surface area (Å²) in [6, 6.07) is 5.09. The Kier molecular flexibility index (Phi) is 5.58. The Morgan fingerprint density at radius 3 is 2.29 bits per heavy atom. The molecule has 7 nitrogen and oxygen atoms in total. The van der Waals surface area contributed by atoms with Crippen molar-refractivity contribution in [3.63, 3.8) is 0 Å². The van der Waals surface area contributed by atoms with Gasteiger partial charge in [0.15, 0.2) is 5.11 Å². The Bertz CT molecular complexity index is 871. The van der Waals surface area contributed by atoms with Gasteiger partial charge in [-0.25, -0.2) is 0 Å². The van der Waals surface area contributed by atoms with Gasteiger partial charge in [0.25, 0.3) is 11.6 Å².